The second-order valence-corrected chi connectivity index (χ2v) is 13.7. The fraction of sp³-hybridized carbons (Fsp3) is 0.344. The Bertz CT molecular complexity index is 1890. The molecule has 2 aromatic carbocycles. The van der Waals surface area contributed by atoms with E-state index in [9.17, 15) is 8.42 Å². The SMILES string of the molecule is Cc1cc(NCCCCN(CCCNc2cc(C)nc3ccc(Cl)cc23)S(=O)(=O)c2c(C)noc2C)c2cc(Cl)ccc2n1. The minimum Gasteiger partial charge on any atom is -0.384 e. The molecular formula is C32H36Cl2N6O3S. The highest BCUT2D eigenvalue weighted by Gasteiger charge is 2.30. The summed E-state index contributed by atoms with van der Waals surface area (Å²) in [5.41, 5.74) is 5.76. The first-order valence-electron chi connectivity index (χ1n) is 14.6. The molecule has 5 rings (SSSR count). The summed E-state index contributed by atoms with van der Waals surface area (Å²) in [6, 6.07) is 15.2. The molecule has 0 fully saturated rings. The van der Waals surface area contributed by atoms with Gasteiger partial charge in [0.25, 0.3) is 0 Å². The van der Waals surface area contributed by atoms with Crippen molar-refractivity contribution in [3.8, 4) is 0 Å². The van der Waals surface area contributed by atoms with Crippen molar-refractivity contribution in [1.82, 2.24) is 19.4 Å². The number of benzene rings is 2. The minimum absolute atomic E-state index is 0.143. The summed E-state index contributed by atoms with van der Waals surface area (Å²) in [4.78, 5) is 9.32. The van der Waals surface area contributed by atoms with Crippen molar-refractivity contribution in [1.29, 1.82) is 0 Å². The summed E-state index contributed by atoms with van der Waals surface area (Å²) >= 11 is 12.5. The van der Waals surface area contributed by atoms with Gasteiger partial charge < -0.3 is 15.2 Å². The van der Waals surface area contributed by atoms with Gasteiger partial charge in [0.05, 0.1) is 11.0 Å². The summed E-state index contributed by atoms with van der Waals surface area (Å²) in [6.07, 6.45) is 2.02. The number of halogens is 2. The van der Waals surface area contributed by atoms with Crippen LogP contribution in [-0.2, 0) is 10.0 Å². The van der Waals surface area contributed by atoms with E-state index in [2.05, 4.69) is 25.8 Å². The lowest BCUT2D eigenvalue weighted by molar-refractivity contribution is 0.385. The Kier molecular flexibility index (Phi) is 9.94. The Labute approximate surface area is 268 Å². The van der Waals surface area contributed by atoms with Crippen molar-refractivity contribution >= 4 is 66.4 Å². The monoisotopic (exact) mass is 654 g/mol. The molecule has 0 saturated heterocycles. The Morgan fingerprint density at radius 3 is 1.80 bits per heavy atom. The van der Waals surface area contributed by atoms with Gasteiger partial charge >= 0.3 is 0 Å². The number of rotatable bonds is 13. The van der Waals surface area contributed by atoms with Crippen molar-refractivity contribution in [2.24, 2.45) is 0 Å². The van der Waals surface area contributed by atoms with E-state index in [1.807, 2.05) is 62.4 Å². The lowest BCUT2D eigenvalue weighted by atomic mass is 10.1. The van der Waals surface area contributed by atoms with Crippen LogP contribution in [0.3, 0.4) is 0 Å². The number of aryl methyl sites for hydroxylation is 4. The molecule has 0 unspecified atom stereocenters. The first kappa shape index (κ1) is 32.0. The molecule has 3 aromatic heterocycles. The van der Waals surface area contributed by atoms with Crippen LogP contribution in [0.2, 0.25) is 10.0 Å². The maximum atomic E-state index is 13.8. The van der Waals surface area contributed by atoms with Gasteiger partial charge in [-0.25, -0.2) is 8.42 Å². The molecule has 0 aliphatic carbocycles. The largest absolute Gasteiger partial charge is 0.384 e. The smallest absolute Gasteiger partial charge is 0.248 e. The number of unbranched alkanes of at least 4 members (excludes halogenated alkanes) is 1. The van der Waals surface area contributed by atoms with E-state index in [0.29, 0.717) is 60.5 Å². The fourth-order valence-corrected chi connectivity index (χ4v) is 7.54. The van der Waals surface area contributed by atoms with Gasteiger partial charge in [-0.3, -0.25) is 9.97 Å². The third kappa shape index (κ3) is 7.26. The molecular weight excluding hydrogens is 619 g/mol. The average molecular weight is 656 g/mol. The van der Waals surface area contributed by atoms with E-state index in [1.165, 1.54) is 0 Å². The maximum absolute atomic E-state index is 13.8. The maximum Gasteiger partial charge on any atom is 0.248 e. The third-order valence-corrected chi connectivity index (χ3v) is 10.0. The van der Waals surface area contributed by atoms with Gasteiger partial charge in [0, 0.05) is 69.8 Å². The van der Waals surface area contributed by atoms with Crippen LogP contribution in [0, 0.1) is 27.7 Å². The summed E-state index contributed by atoms with van der Waals surface area (Å²) in [7, 11) is -3.81. The highest BCUT2D eigenvalue weighted by molar-refractivity contribution is 7.89. The van der Waals surface area contributed by atoms with Crippen molar-refractivity contribution in [2.45, 2.75) is 51.9 Å². The summed E-state index contributed by atoms with van der Waals surface area (Å²) in [5, 5.41) is 14.0. The molecule has 0 spiro atoms. The van der Waals surface area contributed by atoms with Crippen molar-refractivity contribution in [2.75, 3.05) is 36.8 Å². The van der Waals surface area contributed by atoms with E-state index in [4.69, 9.17) is 27.7 Å². The molecule has 0 saturated carbocycles. The number of pyridine rings is 2. The summed E-state index contributed by atoms with van der Waals surface area (Å²) in [6.45, 7) is 9.12. The molecule has 0 atom stereocenters. The van der Waals surface area contributed by atoms with Gasteiger partial charge in [0.15, 0.2) is 5.76 Å². The van der Waals surface area contributed by atoms with E-state index in [1.54, 1.807) is 18.2 Å². The molecule has 0 aliphatic rings. The van der Waals surface area contributed by atoms with Crippen LogP contribution in [0.25, 0.3) is 21.8 Å². The van der Waals surface area contributed by atoms with Crippen molar-refractivity contribution in [3.63, 3.8) is 0 Å². The topological polar surface area (TPSA) is 113 Å². The molecule has 3 heterocycles. The zero-order chi connectivity index (χ0) is 31.4. The summed E-state index contributed by atoms with van der Waals surface area (Å²) in [5.74, 6) is 0.293. The molecule has 44 heavy (non-hydrogen) atoms. The van der Waals surface area contributed by atoms with Crippen molar-refractivity contribution in [3.05, 3.63) is 81.4 Å². The van der Waals surface area contributed by atoms with Gasteiger partial charge in [-0.15, -0.1) is 0 Å². The molecule has 0 radical (unpaired) electrons. The van der Waals surface area contributed by atoms with Gasteiger partial charge in [-0.05, 0) is 95.5 Å². The van der Waals surface area contributed by atoms with Gasteiger partial charge in [0.2, 0.25) is 10.0 Å². The van der Waals surface area contributed by atoms with Crippen LogP contribution in [0.4, 0.5) is 11.4 Å². The number of hydrogen-bond donors (Lipinski definition) is 2. The highest BCUT2D eigenvalue weighted by Crippen LogP contribution is 2.28. The van der Waals surface area contributed by atoms with Gasteiger partial charge in [-0.2, -0.15) is 4.31 Å². The van der Waals surface area contributed by atoms with Crippen LogP contribution in [-0.4, -0.2) is 54.0 Å². The first-order valence-corrected chi connectivity index (χ1v) is 16.8. The first-order chi connectivity index (χ1) is 21.0. The molecule has 0 aliphatic heterocycles. The highest BCUT2D eigenvalue weighted by atomic mass is 35.5. The zero-order valence-electron chi connectivity index (χ0n) is 25.2. The normalized spacial score (nSPS) is 12.0. The Morgan fingerprint density at radius 2 is 1.27 bits per heavy atom. The number of sulfonamides is 1. The molecule has 5 aromatic rings. The number of nitrogens with one attached hydrogen (secondary N) is 2. The lowest BCUT2D eigenvalue weighted by Crippen LogP contribution is -2.34. The predicted molar refractivity (Wildman–Crippen MR) is 179 cm³/mol. The number of fused-ring (bicyclic) bond motifs is 2. The molecule has 0 amide bonds. The molecule has 232 valence electrons. The van der Waals surface area contributed by atoms with Gasteiger partial charge in [-0.1, -0.05) is 28.4 Å². The minimum atomic E-state index is -3.81. The van der Waals surface area contributed by atoms with Gasteiger partial charge in [0.1, 0.15) is 10.6 Å². The number of hydrogen-bond acceptors (Lipinski definition) is 8. The Morgan fingerprint density at radius 1 is 0.750 bits per heavy atom. The fourth-order valence-electron chi connectivity index (χ4n) is 5.39. The summed E-state index contributed by atoms with van der Waals surface area (Å²) < 4.78 is 34.4. The van der Waals surface area contributed by atoms with Crippen LogP contribution in [0.1, 0.15) is 42.1 Å². The predicted octanol–water partition coefficient (Wildman–Crippen LogP) is 7.70. The van der Waals surface area contributed by atoms with Crippen molar-refractivity contribution < 1.29 is 12.9 Å². The molecule has 0 bridgehead atoms. The second kappa shape index (κ2) is 13.7. The van der Waals surface area contributed by atoms with E-state index < -0.39 is 10.0 Å². The van der Waals surface area contributed by atoms with E-state index in [0.717, 1.165) is 51.0 Å². The number of nitrogens with zero attached hydrogens (tertiary/aromatic N) is 4. The van der Waals surface area contributed by atoms with E-state index >= 15 is 0 Å². The van der Waals surface area contributed by atoms with Crippen LogP contribution < -0.4 is 10.6 Å². The Hall–Kier alpha value is -3.44. The quantitative estimate of drug-likeness (QED) is 0.124. The Balaban J connectivity index is 1.24. The zero-order valence-corrected chi connectivity index (χ0v) is 27.6. The van der Waals surface area contributed by atoms with Crippen LogP contribution >= 0.6 is 23.2 Å². The van der Waals surface area contributed by atoms with Crippen LogP contribution in [0.15, 0.2) is 57.9 Å². The standard InChI is InChI=1S/C32H36Cl2N6O3S/c1-20-16-30(26-18-24(33)8-10-28(26)37-20)35-12-5-6-14-40(44(41,42)32-22(3)39-43-23(32)4)15-7-13-36-31-17-21(2)38-29-11-9-25(34)19-27(29)31/h8-11,16-19H,5-7,12-15H2,1-4H3,(H,35,37)(H,36,38). The van der Waals surface area contributed by atoms with E-state index in [-0.39, 0.29) is 4.90 Å². The average Bonchev–Trinajstić information content (AvgIpc) is 3.32. The lowest BCUT2D eigenvalue weighted by Gasteiger charge is -2.22. The number of anilines is 2. The third-order valence-electron chi connectivity index (χ3n) is 7.41. The molecule has 2 N–H and O–H groups in total. The molecule has 12 heteroatoms. The van der Waals surface area contributed by atoms with Crippen LogP contribution in [0.5, 0.6) is 0 Å². The number of aromatic nitrogens is 3. The second-order valence-electron chi connectivity index (χ2n) is 10.9. The molecule has 9 nitrogen and oxygen atoms in total.